The summed E-state index contributed by atoms with van der Waals surface area (Å²) < 4.78 is 2.15. The largest absolute Gasteiger partial charge is 0.335 e. The molecule has 0 atom stereocenters. The summed E-state index contributed by atoms with van der Waals surface area (Å²) in [4.78, 5) is 22.0. The smallest absolute Gasteiger partial charge is 0.272 e. The highest BCUT2D eigenvalue weighted by molar-refractivity contribution is 5.94. The van der Waals surface area contributed by atoms with Crippen molar-refractivity contribution in [2.75, 3.05) is 26.2 Å². The molecule has 0 unspecified atom stereocenters. The quantitative estimate of drug-likeness (QED) is 0.919. The lowest BCUT2D eigenvalue weighted by molar-refractivity contribution is 0.0616. The lowest BCUT2D eigenvalue weighted by Gasteiger charge is -2.34. The van der Waals surface area contributed by atoms with Crippen LogP contribution in [0.25, 0.3) is 0 Å². The minimum Gasteiger partial charge on any atom is -0.335 e. The van der Waals surface area contributed by atoms with Crippen LogP contribution in [0, 0.1) is 6.92 Å². The molecule has 2 aliphatic heterocycles. The van der Waals surface area contributed by atoms with Crippen LogP contribution >= 0.6 is 0 Å². The van der Waals surface area contributed by atoms with Gasteiger partial charge >= 0.3 is 0 Å². The predicted octanol–water partition coefficient (Wildman–Crippen LogP) is 1.21. The molecule has 4 heterocycles. The molecule has 128 valence electrons. The van der Waals surface area contributed by atoms with Gasteiger partial charge in [0.1, 0.15) is 11.5 Å². The molecule has 24 heavy (non-hydrogen) atoms. The van der Waals surface area contributed by atoms with Gasteiger partial charge in [-0.05, 0) is 19.8 Å². The maximum absolute atomic E-state index is 13.0. The number of aryl methyl sites for hydroxylation is 2. The third kappa shape index (κ3) is 2.84. The van der Waals surface area contributed by atoms with Crippen LogP contribution in [-0.2, 0) is 19.5 Å². The van der Waals surface area contributed by atoms with E-state index in [-0.39, 0.29) is 5.91 Å². The fraction of sp³-hybridized carbons (Fsp3) is 0.588. The van der Waals surface area contributed by atoms with E-state index in [0.717, 1.165) is 69.3 Å². The molecule has 2 aliphatic rings. The molecule has 0 bridgehead atoms. The van der Waals surface area contributed by atoms with E-state index in [2.05, 4.69) is 24.6 Å². The molecule has 0 saturated carbocycles. The molecule has 7 nitrogen and oxygen atoms in total. The first-order valence-electron chi connectivity index (χ1n) is 8.77. The molecule has 7 heteroatoms. The van der Waals surface area contributed by atoms with E-state index < -0.39 is 0 Å². The lowest BCUT2D eigenvalue weighted by atomic mass is 10.1. The molecular formula is C17H24N6O. The predicted molar refractivity (Wildman–Crippen MR) is 89.7 cm³/mol. The molecular weight excluding hydrogens is 304 g/mol. The molecule has 4 rings (SSSR count). The van der Waals surface area contributed by atoms with Gasteiger partial charge < -0.3 is 9.47 Å². The van der Waals surface area contributed by atoms with Crippen molar-refractivity contribution in [1.82, 2.24) is 29.5 Å². The zero-order valence-electron chi connectivity index (χ0n) is 14.2. The number of imidazole rings is 1. The van der Waals surface area contributed by atoms with Crippen LogP contribution in [0.5, 0.6) is 0 Å². The molecule has 1 saturated heterocycles. The number of amides is 1. The van der Waals surface area contributed by atoms with Gasteiger partial charge in [-0.15, -0.1) is 0 Å². The van der Waals surface area contributed by atoms with Gasteiger partial charge in [0.05, 0.1) is 11.9 Å². The average molecular weight is 328 g/mol. The zero-order valence-corrected chi connectivity index (χ0v) is 14.2. The number of nitrogens with one attached hydrogen (secondary N) is 1. The number of carbonyl (C=O) groups excluding carboxylic acids is 1. The Kier molecular flexibility index (Phi) is 4.10. The average Bonchev–Trinajstić information content (AvgIpc) is 3.21. The highest BCUT2D eigenvalue weighted by Gasteiger charge is 2.28. The summed E-state index contributed by atoms with van der Waals surface area (Å²) in [5.41, 5.74) is 2.89. The number of fused-ring (bicyclic) bond motifs is 1. The first-order valence-corrected chi connectivity index (χ1v) is 8.77. The number of carbonyl (C=O) groups is 1. The Morgan fingerprint density at radius 1 is 1.21 bits per heavy atom. The Hall–Kier alpha value is -2.15. The number of piperazine rings is 1. The fourth-order valence-corrected chi connectivity index (χ4v) is 3.77. The number of aromatic nitrogens is 4. The Bertz CT molecular complexity index is 712. The van der Waals surface area contributed by atoms with E-state index in [1.54, 1.807) is 0 Å². The first-order chi connectivity index (χ1) is 11.7. The van der Waals surface area contributed by atoms with Crippen molar-refractivity contribution in [2.24, 2.45) is 0 Å². The van der Waals surface area contributed by atoms with Crippen LogP contribution < -0.4 is 0 Å². The SMILES string of the molecule is Cc1nc2n(c1C(=O)N1CCN(Cc3cn[nH]c3)CC1)CCCC2. The third-order valence-electron chi connectivity index (χ3n) is 5.08. The van der Waals surface area contributed by atoms with Crippen molar-refractivity contribution in [2.45, 2.75) is 39.3 Å². The summed E-state index contributed by atoms with van der Waals surface area (Å²) in [6.45, 7) is 7.13. The van der Waals surface area contributed by atoms with Crippen molar-refractivity contribution in [3.8, 4) is 0 Å². The van der Waals surface area contributed by atoms with Gasteiger partial charge in [-0.1, -0.05) is 0 Å². The fourth-order valence-electron chi connectivity index (χ4n) is 3.77. The first kappa shape index (κ1) is 15.4. The van der Waals surface area contributed by atoms with Gasteiger partial charge in [-0.3, -0.25) is 14.8 Å². The van der Waals surface area contributed by atoms with Gasteiger partial charge in [0.2, 0.25) is 0 Å². The normalized spacial score (nSPS) is 18.6. The number of aromatic amines is 1. The van der Waals surface area contributed by atoms with Crippen molar-refractivity contribution in [3.05, 3.63) is 35.2 Å². The van der Waals surface area contributed by atoms with Crippen LogP contribution in [0.1, 0.15) is 40.4 Å². The molecule has 0 aliphatic carbocycles. The van der Waals surface area contributed by atoms with Crippen molar-refractivity contribution >= 4 is 5.91 Å². The summed E-state index contributed by atoms with van der Waals surface area (Å²) in [7, 11) is 0. The topological polar surface area (TPSA) is 70.1 Å². The molecule has 1 fully saturated rings. The summed E-state index contributed by atoms with van der Waals surface area (Å²) in [5, 5.41) is 6.84. The number of hydrogen-bond acceptors (Lipinski definition) is 4. The molecule has 2 aromatic rings. The third-order valence-corrected chi connectivity index (χ3v) is 5.08. The van der Waals surface area contributed by atoms with Crippen LogP contribution in [0.3, 0.4) is 0 Å². The lowest BCUT2D eigenvalue weighted by Crippen LogP contribution is -2.48. The number of nitrogens with zero attached hydrogens (tertiary/aromatic N) is 5. The van der Waals surface area contributed by atoms with E-state index in [4.69, 9.17) is 0 Å². The molecule has 0 radical (unpaired) electrons. The van der Waals surface area contributed by atoms with Gasteiger partial charge in [0.15, 0.2) is 0 Å². The van der Waals surface area contributed by atoms with Crippen LogP contribution in [0.4, 0.5) is 0 Å². The molecule has 1 N–H and O–H groups in total. The van der Waals surface area contributed by atoms with Crippen LogP contribution in [0.15, 0.2) is 12.4 Å². The maximum atomic E-state index is 13.0. The minimum absolute atomic E-state index is 0.149. The Morgan fingerprint density at radius 3 is 2.79 bits per heavy atom. The second-order valence-corrected chi connectivity index (χ2v) is 6.75. The maximum Gasteiger partial charge on any atom is 0.272 e. The highest BCUT2D eigenvalue weighted by atomic mass is 16.2. The number of rotatable bonds is 3. The summed E-state index contributed by atoms with van der Waals surface area (Å²) in [6.07, 6.45) is 7.10. The standard InChI is InChI=1S/C17H24N6O/c1-13-16(23-5-3-2-4-15(23)20-13)17(24)22-8-6-21(7-9-22)12-14-10-18-19-11-14/h10-11H,2-9,12H2,1H3,(H,18,19). The van der Waals surface area contributed by atoms with E-state index in [1.807, 2.05) is 24.2 Å². The monoisotopic (exact) mass is 328 g/mol. The van der Waals surface area contributed by atoms with E-state index >= 15 is 0 Å². The number of hydrogen-bond donors (Lipinski definition) is 1. The Morgan fingerprint density at radius 2 is 2.04 bits per heavy atom. The molecule has 2 aromatic heterocycles. The van der Waals surface area contributed by atoms with Gasteiger partial charge in [0.25, 0.3) is 5.91 Å². The van der Waals surface area contributed by atoms with Gasteiger partial charge in [0, 0.05) is 57.4 Å². The van der Waals surface area contributed by atoms with Crippen LogP contribution in [0.2, 0.25) is 0 Å². The van der Waals surface area contributed by atoms with Crippen molar-refractivity contribution in [3.63, 3.8) is 0 Å². The zero-order chi connectivity index (χ0) is 16.5. The van der Waals surface area contributed by atoms with Crippen molar-refractivity contribution < 1.29 is 4.79 Å². The molecule has 1 amide bonds. The van der Waals surface area contributed by atoms with Gasteiger partial charge in [-0.25, -0.2) is 4.98 Å². The van der Waals surface area contributed by atoms with E-state index in [9.17, 15) is 4.79 Å². The minimum atomic E-state index is 0.149. The Labute approximate surface area is 141 Å². The molecule has 0 spiro atoms. The Balaban J connectivity index is 1.42. The second kappa shape index (κ2) is 6.39. The van der Waals surface area contributed by atoms with Crippen LogP contribution in [-0.4, -0.2) is 61.6 Å². The van der Waals surface area contributed by atoms with Crippen molar-refractivity contribution in [1.29, 1.82) is 0 Å². The highest BCUT2D eigenvalue weighted by Crippen LogP contribution is 2.21. The second-order valence-electron chi connectivity index (χ2n) is 6.75. The van der Waals surface area contributed by atoms with E-state index in [0.29, 0.717) is 0 Å². The summed E-state index contributed by atoms with van der Waals surface area (Å²) in [5.74, 6) is 1.23. The van der Waals surface area contributed by atoms with Gasteiger partial charge in [-0.2, -0.15) is 5.10 Å². The van der Waals surface area contributed by atoms with E-state index in [1.165, 1.54) is 12.0 Å². The number of H-pyrrole nitrogens is 1. The summed E-state index contributed by atoms with van der Waals surface area (Å²) >= 11 is 0. The molecule has 0 aromatic carbocycles. The summed E-state index contributed by atoms with van der Waals surface area (Å²) in [6, 6.07) is 0.